The van der Waals surface area contributed by atoms with E-state index in [9.17, 15) is 92.0 Å². The van der Waals surface area contributed by atoms with Crippen molar-refractivity contribution in [1.82, 2.24) is 0 Å². The number of hydrogen-bond acceptors (Lipinski definition) is 2. The fourth-order valence-electron chi connectivity index (χ4n) is 1.54. The number of halogens is 21. The zero-order valence-electron chi connectivity index (χ0n) is 14.6. The van der Waals surface area contributed by atoms with Crippen molar-refractivity contribution in [2.45, 2.75) is 58.4 Å². The van der Waals surface area contributed by atoms with Crippen LogP contribution >= 0.6 is 11.6 Å². The van der Waals surface area contributed by atoms with Crippen molar-refractivity contribution in [3.63, 3.8) is 0 Å². The molecule has 0 bridgehead atoms. The summed E-state index contributed by atoms with van der Waals surface area (Å²) in [6.07, 6.45) is -15.8. The Hall–Kier alpha value is -1.04. The lowest BCUT2D eigenvalue weighted by Crippen LogP contribution is -2.75. The Kier molecular flexibility index (Phi) is 8.24. The Morgan fingerprint density at radius 1 is 0.486 bits per heavy atom. The Morgan fingerprint density at radius 2 is 0.743 bits per heavy atom. The minimum atomic E-state index is -9.05. The molecule has 0 amide bonds. The molecule has 0 heterocycles. The van der Waals surface area contributed by atoms with Crippen LogP contribution < -0.4 is 0 Å². The summed E-state index contributed by atoms with van der Waals surface area (Å²) in [5.74, 6) is -52.4. The molecule has 25 heteroatoms. The number of hydrogen-bond donors (Lipinski definition) is 1. The SMILES string of the molecule is O=S(O)C(F)(F)C(F)(F)OC(F)(F)C(F)(F)C(F)(F)C(F)(F)C(F)(F)C(F)(F)C(F)(F)C(F)(F)Cl. The fourth-order valence-corrected chi connectivity index (χ4v) is 1.90. The molecule has 0 aliphatic carbocycles. The van der Waals surface area contributed by atoms with E-state index < -0.39 is 69.5 Å². The van der Waals surface area contributed by atoms with E-state index >= 15 is 0 Å². The van der Waals surface area contributed by atoms with Gasteiger partial charge < -0.3 is 4.55 Å². The number of alkyl halides is 21. The molecule has 0 aromatic rings. The van der Waals surface area contributed by atoms with Gasteiger partial charge in [-0.05, 0) is 11.6 Å². The molecular formula is C10HClF20O3S. The predicted octanol–water partition coefficient (Wildman–Crippen LogP) is 6.65. The molecule has 0 saturated carbocycles. The molecule has 0 aliphatic rings. The molecule has 35 heavy (non-hydrogen) atoms. The van der Waals surface area contributed by atoms with Gasteiger partial charge in [0.1, 0.15) is 0 Å². The van der Waals surface area contributed by atoms with Crippen LogP contribution in [0.4, 0.5) is 87.8 Å². The van der Waals surface area contributed by atoms with Crippen LogP contribution in [0.3, 0.4) is 0 Å². The lowest BCUT2D eigenvalue weighted by Gasteiger charge is -2.43. The first kappa shape index (κ1) is 34.0. The minimum Gasteiger partial charge on any atom is -0.301 e. The molecule has 0 aromatic heterocycles. The highest BCUT2D eigenvalue weighted by Crippen LogP contribution is 2.64. The molecule has 3 nitrogen and oxygen atoms in total. The van der Waals surface area contributed by atoms with Gasteiger partial charge >= 0.3 is 58.4 Å². The summed E-state index contributed by atoms with van der Waals surface area (Å²) in [7, 11) is 0. The second-order valence-electron chi connectivity index (χ2n) is 5.85. The van der Waals surface area contributed by atoms with Crippen molar-refractivity contribution >= 4 is 22.7 Å². The van der Waals surface area contributed by atoms with E-state index in [1.54, 1.807) is 0 Å². The van der Waals surface area contributed by atoms with Gasteiger partial charge in [-0.1, -0.05) is 0 Å². The van der Waals surface area contributed by atoms with E-state index in [1.807, 2.05) is 0 Å². The second kappa shape index (κ2) is 8.49. The van der Waals surface area contributed by atoms with E-state index in [4.69, 9.17) is 4.55 Å². The van der Waals surface area contributed by atoms with Gasteiger partial charge in [0.15, 0.2) is 0 Å². The molecule has 1 unspecified atom stereocenters. The van der Waals surface area contributed by atoms with E-state index in [0.717, 1.165) is 4.74 Å². The standard InChI is InChI=1S/C10HClF20O3S/c11-7(24,25)5(20,21)3(16,17)1(12,13)2(14,15)4(18,19)6(22,23)8(26,27)34-9(28,29)10(30,31)35(32)33/h(H,32,33). The average molecular weight is 617 g/mol. The first-order valence-electron chi connectivity index (χ1n) is 6.93. The molecule has 0 fully saturated rings. The van der Waals surface area contributed by atoms with Crippen LogP contribution in [-0.4, -0.2) is 67.2 Å². The largest absolute Gasteiger partial charge is 0.439 e. The molecule has 1 N–H and O–H groups in total. The fraction of sp³-hybridized carbons (Fsp3) is 1.00. The zero-order valence-corrected chi connectivity index (χ0v) is 16.2. The van der Waals surface area contributed by atoms with E-state index in [1.165, 1.54) is 0 Å². The van der Waals surface area contributed by atoms with E-state index in [-0.39, 0.29) is 0 Å². The van der Waals surface area contributed by atoms with Crippen molar-refractivity contribution in [1.29, 1.82) is 0 Å². The van der Waals surface area contributed by atoms with Gasteiger partial charge in [0, 0.05) is 0 Å². The number of ether oxygens (including phenoxy) is 1. The highest BCUT2D eigenvalue weighted by Gasteiger charge is 2.95. The van der Waals surface area contributed by atoms with E-state index in [0.29, 0.717) is 0 Å². The quantitative estimate of drug-likeness (QED) is 0.161. The molecule has 0 radical (unpaired) electrons. The van der Waals surface area contributed by atoms with Crippen LogP contribution in [0.15, 0.2) is 0 Å². The van der Waals surface area contributed by atoms with Gasteiger partial charge in [0.05, 0.1) is 0 Å². The molecule has 0 aliphatic heterocycles. The summed E-state index contributed by atoms with van der Waals surface area (Å²) in [5, 5.41) is -14.0. The lowest BCUT2D eigenvalue weighted by molar-refractivity contribution is -0.503. The van der Waals surface area contributed by atoms with Crippen molar-refractivity contribution in [3.8, 4) is 0 Å². The van der Waals surface area contributed by atoms with Crippen LogP contribution in [0.2, 0.25) is 0 Å². The van der Waals surface area contributed by atoms with Gasteiger partial charge in [-0.25, -0.2) is 8.95 Å². The van der Waals surface area contributed by atoms with E-state index in [2.05, 4.69) is 11.6 Å². The van der Waals surface area contributed by atoms with Crippen molar-refractivity contribution in [3.05, 3.63) is 0 Å². The second-order valence-corrected chi connectivity index (χ2v) is 7.33. The summed E-state index contributed by atoms with van der Waals surface area (Å²) >= 11 is -2.13. The van der Waals surface area contributed by atoms with Gasteiger partial charge in [0.25, 0.3) is 0 Å². The Morgan fingerprint density at radius 3 is 1.00 bits per heavy atom. The molecular weight excluding hydrogens is 616 g/mol. The number of rotatable bonds is 11. The van der Waals surface area contributed by atoms with Crippen LogP contribution in [0.25, 0.3) is 0 Å². The molecule has 0 spiro atoms. The zero-order chi connectivity index (χ0) is 29.3. The molecule has 212 valence electrons. The Bertz CT molecular complexity index is 818. The maximum absolute atomic E-state index is 13.3. The minimum absolute atomic E-state index is 1.16. The van der Waals surface area contributed by atoms with Gasteiger partial charge in [-0.3, -0.25) is 0 Å². The third-order valence-electron chi connectivity index (χ3n) is 3.51. The van der Waals surface area contributed by atoms with Crippen LogP contribution in [0.5, 0.6) is 0 Å². The molecule has 0 saturated heterocycles. The predicted molar refractivity (Wildman–Crippen MR) is 67.2 cm³/mol. The molecule has 0 aromatic carbocycles. The molecule has 1 atom stereocenters. The van der Waals surface area contributed by atoms with Gasteiger partial charge in [-0.15, -0.1) is 0 Å². The van der Waals surface area contributed by atoms with Crippen LogP contribution in [0, 0.1) is 0 Å². The first-order chi connectivity index (χ1) is 14.7. The van der Waals surface area contributed by atoms with Gasteiger partial charge in [0.2, 0.25) is 11.1 Å². The highest BCUT2D eigenvalue weighted by molar-refractivity contribution is 7.80. The summed E-state index contributed by atoms with van der Waals surface area (Å²) in [6.45, 7) is 0. The monoisotopic (exact) mass is 616 g/mol. The van der Waals surface area contributed by atoms with Crippen molar-refractivity contribution in [2.24, 2.45) is 0 Å². The maximum atomic E-state index is 13.3. The third kappa shape index (κ3) is 4.59. The topological polar surface area (TPSA) is 46.5 Å². The van der Waals surface area contributed by atoms with Crippen LogP contribution in [-0.2, 0) is 15.8 Å². The van der Waals surface area contributed by atoms with Crippen molar-refractivity contribution < 1.29 is 101 Å². The van der Waals surface area contributed by atoms with Crippen LogP contribution in [0.1, 0.15) is 0 Å². The Balaban J connectivity index is 6.84. The molecule has 0 rings (SSSR count). The summed E-state index contributed by atoms with van der Waals surface area (Å²) in [5.41, 5.74) is 0. The summed E-state index contributed by atoms with van der Waals surface area (Å²) < 4.78 is 279. The lowest BCUT2D eigenvalue weighted by atomic mass is 9.91. The first-order valence-corrected chi connectivity index (χ1v) is 8.41. The summed E-state index contributed by atoms with van der Waals surface area (Å²) in [6, 6.07) is 0. The smallest absolute Gasteiger partial charge is 0.301 e. The normalized spacial score (nSPS) is 17.5. The van der Waals surface area contributed by atoms with Gasteiger partial charge in [-0.2, -0.15) is 87.8 Å². The highest BCUT2D eigenvalue weighted by atomic mass is 35.5. The van der Waals surface area contributed by atoms with Crippen molar-refractivity contribution in [2.75, 3.05) is 0 Å². The Labute approximate surface area is 183 Å². The third-order valence-corrected chi connectivity index (χ3v) is 4.42. The average Bonchev–Trinajstić information content (AvgIpc) is 2.58. The maximum Gasteiger partial charge on any atom is 0.439 e. The summed E-state index contributed by atoms with van der Waals surface area (Å²) in [4.78, 5) is 0.